The van der Waals surface area contributed by atoms with Crippen LogP contribution < -0.4 is 10.1 Å². The largest absolute Gasteiger partial charge is 0.479 e. The van der Waals surface area contributed by atoms with E-state index in [0.717, 1.165) is 18.6 Å². The predicted octanol–water partition coefficient (Wildman–Crippen LogP) is 2.84. The van der Waals surface area contributed by atoms with E-state index in [0.29, 0.717) is 11.6 Å². The van der Waals surface area contributed by atoms with Gasteiger partial charge < -0.3 is 19.4 Å². The molecule has 1 aliphatic carbocycles. The fraction of sp³-hybridized carbons (Fsp3) is 0.400. The van der Waals surface area contributed by atoms with E-state index in [2.05, 4.69) is 15.3 Å². The summed E-state index contributed by atoms with van der Waals surface area (Å²) in [7, 11) is 1.50. The molecule has 1 aliphatic rings. The lowest BCUT2D eigenvalue weighted by molar-refractivity contribution is 0.179. The zero-order chi connectivity index (χ0) is 15.5. The van der Waals surface area contributed by atoms with Crippen molar-refractivity contribution in [2.24, 2.45) is 0 Å². The van der Waals surface area contributed by atoms with Crippen LogP contribution in [0.3, 0.4) is 0 Å². The normalized spacial score (nSPS) is 15.2. The molecule has 0 aliphatic heterocycles. The van der Waals surface area contributed by atoms with Gasteiger partial charge in [-0.1, -0.05) is 0 Å². The van der Waals surface area contributed by atoms with Crippen molar-refractivity contribution in [3.8, 4) is 5.88 Å². The van der Waals surface area contributed by atoms with Gasteiger partial charge in [-0.3, -0.25) is 0 Å². The molecule has 3 rings (SSSR count). The standard InChI is InChI=1S/C15H18N4O3/c1-10(13-4-3-7-22-13)19(11-5-6-11)15(20)18-12-8-16-9-17-14(12)21-2/h3-4,7-11H,5-6H2,1-2H3,(H,18,20)/t10-/m1/s1. The van der Waals surface area contributed by atoms with Crippen molar-refractivity contribution in [1.29, 1.82) is 0 Å². The average molecular weight is 302 g/mol. The number of aromatic nitrogens is 2. The minimum absolute atomic E-state index is 0.141. The number of anilines is 1. The third kappa shape index (κ3) is 2.88. The number of hydrogen-bond acceptors (Lipinski definition) is 5. The Labute approximate surface area is 128 Å². The molecule has 2 aromatic heterocycles. The Hall–Kier alpha value is -2.57. The van der Waals surface area contributed by atoms with E-state index in [1.165, 1.54) is 19.6 Å². The number of nitrogens with one attached hydrogen (secondary N) is 1. The van der Waals surface area contributed by atoms with Gasteiger partial charge in [0, 0.05) is 6.04 Å². The zero-order valence-corrected chi connectivity index (χ0v) is 12.5. The number of carbonyl (C=O) groups is 1. The van der Waals surface area contributed by atoms with E-state index in [-0.39, 0.29) is 18.1 Å². The van der Waals surface area contributed by atoms with Crippen LogP contribution in [0.4, 0.5) is 10.5 Å². The number of ether oxygens (including phenoxy) is 1. The fourth-order valence-electron chi connectivity index (χ4n) is 2.42. The second-order valence-corrected chi connectivity index (χ2v) is 5.21. The van der Waals surface area contributed by atoms with Crippen LogP contribution in [-0.2, 0) is 0 Å². The van der Waals surface area contributed by atoms with Crippen molar-refractivity contribution in [1.82, 2.24) is 14.9 Å². The molecule has 0 radical (unpaired) electrons. The number of nitrogens with zero attached hydrogens (tertiary/aromatic N) is 3. The van der Waals surface area contributed by atoms with Gasteiger partial charge in [0.2, 0.25) is 5.88 Å². The maximum Gasteiger partial charge on any atom is 0.322 e. The van der Waals surface area contributed by atoms with Crippen molar-refractivity contribution in [3.63, 3.8) is 0 Å². The van der Waals surface area contributed by atoms with E-state index >= 15 is 0 Å². The highest BCUT2D eigenvalue weighted by atomic mass is 16.5. The Morgan fingerprint density at radius 2 is 2.36 bits per heavy atom. The summed E-state index contributed by atoms with van der Waals surface area (Å²) in [5.41, 5.74) is 0.451. The van der Waals surface area contributed by atoms with Crippen molar-refractivity contribution in [3.05, 3.63) is 36.7 Å². The molecular formula is C15H18N4O3. The maximum atomic E-state index is 12.7. The first-order chi connectivity index (χ1) is 10.7. The SMILES string of the molecule is COc1ncncc1NC(=O)N(C1CC1)[C@H](C)c1ccco1. The van der Waals surface area contributed by atoms with Gasteiger partial charge in [0.15, 0.2) is 0 Å². The first-order valence-electron chi connectivity index (χ1n) is 7.17. The molecule has 0 aromatic carbocycles. The molecule has 1 N–H and O–H groups in total. The molecule has 0 bridgehead atoms. The number of furan rings is 1. The summed E-state index contributed by atoms with van der Waals surface area (Å²) >= 11 is 0. The number of carbonyl (C=O) groups excluding carboxylic acids is 1. The predicted molar refractivity (Wildman–Crippen MR) is 79.6 cm³/mol. The van der Waals surface area contributed by atoms with Gasteiger partial charge in [0.25, 0.3) is 0 Å². The molecule has 7 heteroatoms. The highest BCUT2D eigenvalue weighted by molar-refractivity contribution is 5.91. The van der Waals surface area contributed by atoms with Crippen LogP contribution in [0.15, 0.2) is 35.3 Å². The number of amides is 2. The molecule has 2 aromatic rings. The number of hydrogen-bond donors (Lipinski definition) is 1. The average Bonchev–Trinajstić information content (AvgIpc) is 3.19. The van der Waals surface area contributed by atoms with E-state index in [9.17, 15) is 4.79 Å². The van der Waals surface area contributed by atoms with Crippen LogP contribution in [0, 0.1) is 0 Å². The van der Waals surface area contributed by atoms with Crippen molar-refractivity contribution in [2.45, 2.75) is 31.8 Å². The van der Waals surface area contributed by atoms with Crippen LogP contribution >= 0.6 is 0 Å². The Morgan fingerprint density at radius 1 is 1.55 bits per heavy atom. The smallest absolute Gasteiger partial charge is 0.322 e. The topological polar surface area (TPSA) is 80.5 Å². The number of urea groups is 1. The Morgan fingerprint density at radius 3 is 3.00 bits per heavy atom. The van der Waals surface area contributed by atoms with Crippen molar-refractivity contribution in [2.75, 3.05) is 12.4 Å². The molecule has 0 unspecified atom stereocenters. The van der Waals surface area contributed by atoms with Crippen LogP contribution in [0.25, 0.3) is 0 Å². The van der Waals surface area contributed by atoms with Crippen LogP contribution in [0.1, 0.15) is 31.6 Å². The zero-order valence-electron chi connectivity index (χ0n) is 12.5. The lowest BCUT2D eigenvalue weighted by atomic mass is 10.2. The van der Waals surface area contributed by atoms with Crippen LogP contribution in [-0.4, -0.2) is 34.1 Å². The first-order valence-corrected chi connectivity index (χ1v) is 7.17. The molecular weight excluding hydrogens is 284 g/mol. The van der Waals surface area contributed by atoms with Gasteiger partial charge in [0.05, 0.1) is 25.6 Å². The number of methoxy groups -OCH3 is 1. The summed E-state index contributed by atoms with van der Waals surface area (Å²) in [4.78, 5) is 22.4. The van der Waals surface area contributed by atoms with Crippen molar-refractivity contribution < 1.29 is 13.9 Å². The second-order valence-electron chi connectivity index (χ2n) is 5.21. The summed E-state index contributed by atoms with van der Waals surface area (Å²) in [6, 6.07) is 3.58. The Kier molecular flexibility index (Phi) is 3.95. The van der Waals surface area contributed by atoms with Crippen molar-refractivity contribution >= 4 is 11.7 Å². The molecule has 2 heterocycles. The lowest BCUT2D eigenvalue weighted by Gasteiger charge is -2.28. The van der Waals surface area contributed by atoms with Gasteiger partial charge in [-0.15, -0.1) is 0 Å². The second kappa shape index (κ2) is 6.05. The molecule has 2 amide bonds. The molecule has 7 nitrogen and oxygen atoms in total. The molecule has 1 atom stereocenters. The summed E-state index contributed by atoms with van der Waals surface area (Å²) in [5, 5.41) is 2.82. The minimum Gasteiger partial charge on any atom is -0.479 e. The molecule has 1 fully saturated rings. The van der Waals surface area contributed by atoms with E-state index < -0.39 is 0 Å². The minimum atomic E-state index is -0.209. The molecule has 1 saturated carbocycles. The summed E-state index contributed by atoms with van der Waals surface area (Å²) in [5.74, 6) is 1.10. The highest BCUT2D eigenvalue weighted by Gasteiger charge is 2.37. The van der Waals surface area contributed by atoms with E-state index in [1.54, 1.807) is 11.2 Å². The van der Waals surface area contributed by atoms with Gasteiger partial charge >= 0.3 is 6.03 Å². The monoisotopic (exact) mass is 302 g/mol. The quantitative estimate of drug-likeness (QED) is 0.918. The van der Waals surface area contributed by atoms with Gasteiger partial charge in [-0.2, -0.15) is 4.98 Å². The molecule has 116 valence electrons. The third-order valence-electron chi connectivity index (χ3n) is 3.66. The Bertz CT molecular complexity index is 640. The summed E-state index contributed by atoms with van der Waals surface area (Å²) < 4.78 is 10.6. The Balaban J connectivity index is 1.78. The third-order valence-corrected chi connectivity index (χ3v) is 3.66. The highest BCUT2D eigenvalue weighted by Crippen LogP contribution is 2.35. The van der Waals surface area contributed by atoms with E-state index in [1.807, 2.05) is 19.1 Å². The van der Waals surface area contributed by atoms with Gasteiger partial charge in [0.1, 0.15) is 17.8 Å². The summed E-state index contributed by atoms with van der Waals surface area (Å²) in [6.45, 7) is 1.95. The summed E-state index contributed by atoms with van der Waals surface area (Å²) in [6.07, 6.45) is 6.51. The maximum absolute atomic E-state index is 12.7. The van der Waals surface area contributed by atoms with Gasteiger partial charge in [-0.05, 0) is 31.9 Å². The first kappa shape index (κ1) is 14.4. The van der Waals surface area contributed by atoms with E-state index in [4.69, 9.17) is 9.15 Å². The van der Waals surface area contributed by atoms with Crippen LogP contribution in [0.2, 0.25) is 0 Å². The molecule has 22 heavy (non-hydrogen) atoms. The lowest BCUT2D eigenvalue weighted by Crippen LogP contribution is -2.38. The van der Waals surface area contributed by atoms with Gasteiger partial charge in [-0.25, -0.2) is 9.78 Å². The molecule has 0 saturated heterocycles. The van der Waals surface area contributed by atoms with Crippen LogP contribution in [0.5, 0.6) is 5.88 Å². The fourth-order valence-corrected chi connectivity index (χ4v) is 2.42. The molecule has 0 spiro atoms. The number of rotatable bonds is 5.